The van der Waals surface area contributed by atoms with Crippen molar-refractivity contribution in [1.29, 1.82) is 0 Å². The summed E-state index contributed by atoms with van der Waals surface area (Å²) in [5, 5.41) is 7.04. The quantitative estimate of drug-likeness (QED) is 0.211. The highest BCUT2D eigenvalue weighted by atomic mass is 32.2. The van der Waals surface area contributed by atoms with Crippen LogP contribution >= 0.6 is 0 Å². The zero-order valence-electron chi connectivity index (χ0n) is 31.3. The van der Waals surface area contributed by atoms with Crippen LogP contribution in [0, 0.1) is 11.3 Å². The number of hydrogen-bond acceptors (Lipinski definition) is 10. The molecule has 4 bridgehead atoms. The highest BCUT2D eigenvalue weighted by molar-refractivity contribution is 7.91. The van der Waals surface area contributed by atoms with Crippen LogP contribution in [0.15, 0.2) is 43.5 Å². The van der Waals surface area contributed by atoms with Gasteiger partial charge in [0.1, 0.15) is 23.7 Å². The number of alkyl carbamates (subject to hydrolysis) is 1. The molecule has 17 heteroatoms. The predicted octanol–water partition coefficient (Wildman–Crippen LogP) is 1.93. The van der Waals surface area contributed by atoms with Crippen LogP contribution in [0.1, 0.15) is 75.5 Å². The molecule has 0 radical (unpaired) electrons. The van der Waals surface area contributed by atoms with Gasteiger partial charge in [0, 0.05) is 32.0 Å². The molecule has 0 spiro atoms. The third-order valence-electron chi connectivity index (χ3n) is 11.1. The van der Waals surface area contributed by atoms with Gasteiger partial charge in [-0.15, -0.1) is 6.58 Å². The fourth-order valence-electron chi connectivity index (χ4n) is 7.58. The molecule has 55 heavy (non-hydrogen) atoms. The van der Waals surface area contributed by atoms with Crippen molar-refractivity contribution in [1.82, 2.24) is 30.5 Å². The number of amides is 6. The van der Waals surface area contributed by atoms with Gasteiger partial charge in [0.2, 0.25) is 27.7 Å². The van der Waals surface area contributed by atoms with Crippen molar-refractivity contribution in [2.24, 2.45) is 11.3 Å². The minimum Gasteiger partial charge on any atom is -0.449 e. The van der Waals surface area contributed by atoms with Crippen molar-refractivity contribution < 1.29 is 46.7 Å². The van der Waals surface area contributed by atoms with E-state index >= 15 is 0 Å². The lowest BCUT2D eigenvalue weighted by Crippen LogP contribution is -2.59. The number of hydrogen-bond donors (Lipinski definition) is 4. The van der Waals surface area contributed by atoms with Gasteiger partial charge in [0.15, 0.2) is 0 Å². The molecular formula is C38H50N6O10S. The summed E-state index contributed by atoms with van der Waals surface area (Å²) in [6.07, 6.45) is 3.94. The largest absolute Gasteiger partial charge is 0.449 e. The van der Waals surface area contributed by atoms with Crippen molar-refractivity contribution in [2.45, 2.75) is 107 Å². The second kappa shape index (κ2) is 15.7. The van der Waals surface area contributed by atoms with Crippen molar-refractivity contribution in [3.8, 4) is 0 Å². The summed E-state index contributed by atoms with van der Waals surface area (Å²) >= 11 is 0. The number of sulfonamides is 1. The number of rotatable bonds is 9. The molecule has 0 unspecified atom stereocenters. The van der Waals surface area contributed by atoms with E-state index < -0.39 is 92.7 Å². The minimum atomic E-state index is -3.95. The molecule has 2 saturated carbocycles. The van der Waals surface area contributed by atoms with Gasteiger partial charge in [-0.2, -0.15) is 0 Å². The third kappa shape index (κ3) is 8.97. The first-order valence-electron chi connectivity index (χ1n) is 18.8. The van der Waals surface area contributed by atoms with E-state index in [4.69, 9.17) is 9.47 Å². The molecule has 6 rings (SSSR count). The van der Waals surface area contributed by atoms with Crippen LogP contribution in [0.5, 0.6) is 0 Å². The topological polar surface area (TPSA) is 210 Å². The molecule has 1 aromatic carbocycles. The van der Waals surface area contributed by atoms with E-state index in [2.05, 4.69) is 39.9 Å². The Morgan fingerprint density at radius 3 is 2.51 bits per heavy atom. The molecule has 5 aliphatic rings. The monoisotopic (exact) mass is 782 g/mol. The molecule has 3 heterocycles. The zero-order chi connectivity index (χ0) is 39.7. The number of carbonyl (C=O) groups excluding carboxylic acids is 6. The van der Waals surface area contributed by atoms with E-state index in [9.17, 15) is 37.2 Å². The van der Waals surface area contributed by atoms with Crippen molar-refractivity contribution >= 4 is 45.8 Å². The van der Waals surface area contributed by atoms with Crippen LogP contribution in [-0.4, -0.2) is 103 Å². The van der Waals surface area contributed by atoms with Crippen LogP contribution in [0.3, 0.4) is 0 Å². The molecule has 298 valence electrons. The maximum absolute atomic E-state index is 14.4. The molecule has 3 aliphatic heterocycles. The van der Waals surface area contributed by atoms with E-state index in [1.54, 1.807) is 4.90 Å². The Morgan fingerprint density at radius 2 is 1.82 bits per heavy atom. The van der Waals surface area contributed by atoms with Gasteiger partial charge >= 0.3 is 12.2 Å². The lowest BCUT2D eigenvalue weighted by atomic mass is 9.87. The minimum absolute atomic E-state index is 0.0479. The molecular weight excluding hydrogens is 733 g/mol. The van der Waals surface area contributed by atoms with Crippen LogP contribution in [0.2, 0.25) is 0 Å². The number of nitrogens with one attached hydrogen (secondary N) is 4. The van der Waals surface area contributed by atoms with Gasteiger partial charge in [-0.3, -0.25) is 28.8 Å². The predicted molar refractivity (Wildman–Crippen MR) is 198 cm³/mol. The first-order chi connectivity index (χ1) is 26.1. The second-order valence-corrected chi connectivity index (χ2v) is 17.9. The molecule has 1 saturated heterocycles. The highest BCUT2D eigenvalue weighted by Gasteiger charge is 2.62. The zero-order valence-corrected chi connectivity index (χ0v) is 32.1. The summed E-state index contributed by atoms with van der Waals surface area (Å²) in [5.74, 6) is -3.72. The summed E-state index contributed by atoms with van der Waals surface area (Å²) in [7, 11) is -3.95. The average Bonchev–Trinajstić information content (AvgIpc) is 4.04. The Kier molecular flexibility index (Phi) is 11.3. The van der Waals surface area contributed by atoms with Gasteiger partial charge in [0.05, 0.1) is 18.4 Å². The van der Waals surface area contributed by atoms with E-state index in [1.807, 2.05) is 26.0 Å². The van der Waals surface area contributed by atoms with Gasteiger partial charge in [0.25, 0.3) is 5.91 Å². The summed E-state index contributed by atoms with van der Waals surface area (Å²) < 4.78 is 39.0. The number of nitrogens with zero attached hydrogens (tertiary/aromatic N) is 2. The number of carbonyl (C=O) groups is 6. The fourth-order valence-corrected chi connectivity index (χ4v) is 8.94. The Balaban J connectivity index is 1.28. The highest BCUT2D eigenvalue weighted by Crippen LogP contribution is 2.45. The molecule has 4 N–H and O–H groups in total. The second-order valence-electron chi connectivity index (χ2n) is 15.9. The third-order valence-corrected chi connectivity index (χ3v) is 12.9. The van der Waals surface area contributed by atoms with Crippen LogP contribution in [-0.2, 0) is 58.2 Å². The van der Waals surface area contributed by atoms with Crippen LogP contribution in [0.4, 0.5) is 9.59 Å². The molecule has 3 fully saturated rings. The Hall–Kier alpha value is -4.93. The van der Waals surface area contributed by atoms with E-state index in [-0.39, 0.29) is 26.0 Å². The maximum Gasteiger partial charge on any atom is 0.410 e. The molecule has 6 amide bonds. The fraction of sp³-hybridized carbons (Fsp3) is 0.579. The summed E-state index contributed by atoms with van der Waals surface area (Å²) in [5.41, 5.74) is 1.18. The Morgan fingerprint density at radius 1 is 1.07 bits per heavy atom. The normalized spacial score (nSPS) is 28.1. The summed E-state index contributed by atoms with van der Waals surface area (Å²) in [6, 6.07) is 3.25. The number of fused-ring (bicyclic) bond motifs is 3. The Labute approximate surface area is 320 Å². The molecule has 0 aromatic heterocycles. The number of ether oxygens (including phenoxy) is 2. The molecule has 5 atom stereocenters. The maximum atomic E-state index is 14.4. The SMILES string of the molecule is C=CC(=O)NC[C@@H]1NC(=O)OCC(C)(C)CCCCc2cccc3c2CN(C3)C(=O)O[C@@H]2C[C@@H](C(=O)N[C@]3(C(=O)NS(=O)(=O)C4CC4)C[C@H]3C=C)N(C2)C1=O. The van der Waals surface area contributed by atoms with E-state index in [1.165, 1.54) is 6.08 Å². The van der Waals surface area contributed by atoms with Crippen molar-refractivity contribution in [3.05, 3.63) is 60.2 Å². The lowest BCUT2D eigenvalue weighted by molar-refractivity contribution is -0.141. The molecule has 1 aromatic rings. The van der Waals surface area contributed by atoms with Gasteiger partial charge in [-0.25, -0.2) is 18.0 Å². The first kappa shape index (κ1) is 39.8. The average molecular weight is 783 g/mol. The van der Waals surface area contributed by atoms with Crippen LogP contribution < -0.4 is 20.7 Å². The standard InChI is InChI=1S/C38H50N6O10S/c1-5-25-17-38(25,34(48)42-55(51,52)27-13-14-27)41-32(46)30-16-26-20-44(30)33(47)29(18-39-31(45)6-2)40-35(49)53-22-37(3,4)15-8-7-10-23-11-9-12-24-19-43(21-28(23)24)36(50)54-26/h5-6,9,11-12,25-27,29-30H,1-2,7-8,10,13-22H2,3-4H3,(H,39,45)(H,40,49)(H,41,46)(H,42,48)/t25-,26-,29+,30+,38-/m1/s1. The summed E-state index contributed by atoms with van der Waals surface area (Å²) in [6.45, 7) is 11.2. The number of benzene rings is 1. The smallest absolute Gasteiger partial charge is 0.410 e. The lowest BCUT2D eigenvalue weighted by Gasteiger charge is -2.30. The Bertz CT molecular complexity index is 1880. The van der Waals surface area contributed by atoms with Gasteiger partial charge in [-0.05, 0) is 66.7 Å². The number of cyclic esters (lactones) is 1. The van der Waals surface area contributed by atoms with Crippen molar-refractivity contribution in [3.63, 3.8) is 0 Å². The molecule has 16 nitrogen and oxygen atoms in total. The molecule has 2 aliphatic carbocycles. The number of aryl methyl sites for hydroxylation is 1. The van der Waals surface area contributed by atoms with Crippen molar-refractivity contribution in [2.75, 3.05) is 19.7 Å². The van der Waals surface area contributed by atoms with Gasteiger partial charge in [-0.1, -0.05) is 51.1 Å². The first-order valence-corrected chi connectivity index (χ1v) is 20.3. The summed E-state index contributed by atoms with van der Waals surface area (Å²) in [4.78, 5) is 83.7. The van der Waals surface area contributed by atoms with Crippen LogP contribution in [0.25, 0.3) is 0 Å². The van der Waals surface area contributed by atoms with E-state index in [0.717, 1.165) is 53.3 Å². The van der Waals surface area contributed by atoms with E-state index in [0.29, 0.717) is 25.9 Å². The van der Waals surface area contributed by atoms with Gasteiger partial charge < -0.3 is 30.3 Å².